The van der Waals surface area contributed by atoms with E-state index in [4.69, 9.17) is 4.74 Å². The molecule has 2 atom stereocenters. The maximum atomic E-state index is 12.7. The van der Waals surface area contributed by atoms with E-state index in [2.05, 4.69) is 40.7 Å². The van der Waals surface area contributed by atoms with Crippen LogP contribution in [0.3, 0.4) is 0 Å². The van der Waals surface area contributed by atoms with Crippen LogP contribution < -0.4 is 20.3 Å². The lowest BCUT2D eigenvalue weighted by Crippen LogP contribution is -2.26. The fourth-order valence-electron chi connectivity index (χ4n) is 3.59. The van der Waals surface area contributed by atoms with Crippen LogP contribution in [0.1, 0.15) is 23.8 Å². The first-order valence-electron chi connectivity index (χ1n) is 10.5. The van der Waals surface area contributed by atoms with Gasteiger partial charge in [-0.05, 0) is 43.2 Å². The highest BCUT2D eigenvalue weighted by Crippen LogP contribution is 2.29. The summed E-state index contributed by atoms with van der Waals surface area (Å²) in [5, 5.41) is 23.0. The molecule has 3 aromatic rings. The van der Waals surface area contributed by atoms with E-state index in [9.17, 15) is 18.0 Å². The van der Waals surface area contributed by atoms with Gasteiger partial charge in [-0.25, -0.2) is 0 Å². The number of carbonyl (C=O) groups is 1. The van der Waals surface area contributed by atoms with E-state index in [0.717, 1.165) is 47.9 Å². The van der Waals surface area contributed by atoms with Crippen molar-refractivity contribution in [3.05, 3.63) is 47.7 Å². The van der Waals surface area contributed by atoms with Gasteiger partial charge < -0.3 is 19.7 Å². The molecule has 1 saturated heterocycles. The normalized spacial score (nSPS) is 16.7. The summed E-state index contributed by atoms with van der Waals surface area (Å²) in [6, 6.07) is 9.00. The Morgan fingerprint density at radius 3 is 2.69 bits per heavy atom. The zero-order valence-electron chi connectivity index (χ0n) is 18.7. The Morgan fingerprint density at radius 2 is 1.97 bits per heavy atom. The first-order chi connectivity index (χ1) is 16.7. The Bertz CT molecular complexity index is 1160. The number of anilines is 3. The molecule has 1 aliphatic heterocycles. The fraction of sp³-hybridized carbons (Fsp3) is 0.381. The molecule has 0 aliphatic carbocycles. The third-order valence-corrected chi connectivity index (χ3v) is 5.92. The Hall–Kier alpha value is -3.52. The van der Waals surface area contributed by atoms with Crippen LogP contribution in [0.15, 0.2) is 36.4 Å². The molecule has 35 heavy (non-hydrogen) atoms. The lowest BCUT2D eigenvalue weighted by molar-refractivity contribution is -0.274. The second-order valence-corrected chi connectivity index (χ2v) is 8.72. The SMILES string of the molecule is CO[C@@H](C(=O)Nc1nnc(N[C@@H]2CCN(c3ccc(C)nn3)C2)s1)c1cccc(OC(F)(F)F)c1. The quantitative estimate of drug-likeness (QED) is 0.470. The number of benzene rings is 1. The van der Waals surface area contributed by atoms with Crippen molar-refractivity contribution in [1.29, 1.82) is 0 Å². The van der Waals surface area contributed by atoms with Crippen LogP contribution in [0.25, 0.3) is 0 Å². The topological polar surface area (TPSA) is 114 Å². The second-order valence-electron chi connectivity index (χ2n) is 7.75. The Balaban J connectivity index is 1.34. The highest BCUT2D eigenvalue weighted by atomic mass is 32.1. The van der Waals surface area contributed by atoms with Gasteiger partial charge in [0.1, 0.15) is 5.75 Å². The number of hydrogen-bond donors (Lipinski definition) is 2. The summed E-state index contributed by atoms with van der Waals surface area (Å²) in [6.07, 6.45) is -5.16. The molecule has 0 spiro atoms. The molecule has 186 valence electrons. The van der Waals surface area contributed by atoms with Crippen LogP contribution in [0.2, 0.25) is 0 Å². The van der Waals surface area contributed by atoms with Gasteiger partial charge in [0.25, 0.3) is 5.91 Å². The second kappa shape index (κ2) is 10.4. The number of halogens is 3. The summed E-state index contributed by atoms with van der Waals surface area (Å²) in [7, 11) is 1.28. The van der Waals surface area contributed by atoms with Gasteiger partial charge in [0.05, 0.1) is 5.69 Å². The largest absolute Gasteiger partial charge is 0.573 e. The average molecular weight is 510 g/mol. The minimum atomic E-state index is -4.84. The zero-order valence-corrected chi connectivity index (χ0v) is 19.6. The number of nitrogens with zero attached hydrogens (tertiary/aromatic N) is 5. The Labute approximate surface area is 202 Å². The first-order valence-corrected chi connectivity index (χ1v) is 11.4. The van der Waals surface area contributed by atoms with Crippen LogP contribution in [-0.2, 0) is 9.53 Å². The van der Waals surface area contributed by atoms with Gasteiger partial charge in [0.15, 0.2) is 11.9 Å². The average Bonchev–Trinajstić information content (AvgIpc) is 3.44. The summed E-state index contributed by atoms with van der Waals surface area (Å²) in [5.74, 6) is -0.251. The molecule has 2 N–H and O–H groups in total. The van der Waals surface area contributed by atoms with Gasteiger partial charge in [-0.3, -0.25) is 10.1 Å². The number of ether oxygens (including phenoxy) is 2. The van der Waals surface area contributed by atoms with Gasteiger partial charge in [0.2, 0.25) is 10.3 Å². The third kappa shape index (κ3) is 6.54. The number of aromatic nitrogens is 4. The molecule has 0 saturated carbocycles. The summed E-state index contributed by atoms with van der Waals surface area (Å²) in [4.78, 5) is 14.8. The third-order valence-electron chi connectivity index (χ3n) is 5.15. The molecule has 2 aromatic heterocycles. The molecule has 10 nitrogen and oxygen atoms in total. The van der Waals surface area contributed by atoms with Crippen molar-refractivity contribution in [1.82, 2.24) is 20.4 Å². The van der Waals surface area contributed by atoms with E-state index in [1.165, 1.54) is 19.2 Å². The zero-order chi connectivity index (χ0) is 25.0. The van der Waals surface area contributed by atoms with E-state index in [1.807, 2.05) is 19.1 Å². The lowest BCUT2D eigenvalue weighted by atomic mass is 10.1. The Kier molecular flexibility index (Phi) is 7.31. The fourth-order valence-corrected chi connectivity index (χ4v) is 4.32. The molecule has 4 rings (SSSR count). The van der Waals surface area contributed by atoms with Gasteiger partial charge in [-0.2, -0.15) is 5.10 Å². The number of hydrogen-bond acceptors (Lipinski definition) is 10. The van der Waals surface area contributed by atoms with E-state index in [-0.39, 0.29) is 16.7 Å². The van der Waals surface area contributed by atoms with Crippen molar-refractivity contribution < 1.29 is 27.4 Å². The molecule has 0 unspecified atom stereocenters. The van der Waals surface area contributed by atoms with Crippen molar-refractivity contribution in [3.8, 4) is 5.75 Å². The van der Waals surface area contributed by atoms with E-state index in [0.29, 0.717) is 11.7 Å². The number of rotatable bonds is 8. The summed E-state index contributed by atoms with van der Waals surface area (Å²) in [5.41, 5.74) is 1.05. The van der Waals surface area contributed by atoms with Crippen LogP contribution in [-0.4, -0.2) is 58.9 Å². The van der Waals surface area contributed by atoms with Crippen LogP contribution in [0, 0.1) is 6.92 Å². The minimum absolute atomic E-state index is 0.109. The highest BCUT2D eigenvalue weighted by molar-refractivity contribution is 7.19. The molecule has 1 fully saturated rings. The monoisotopic (exact) mass is 509 g/mol. The standard InChI is InChI=1S/C21H22F3N7O3S/c1-12-6-7-16(28-27-12)31-9-8-14(11-31)25-19-29-30-20(35-19)26-18(32)17(33-2)13-4-3-5-15(10-13)34-21(22,23)24/h3-7,10,14,17H,8-9,11H2,1-2H3,(H,25,29)(H,26,30,32)/t14-,17-/m1/s1. The molecule has 1 aliphatic rings. The van der Waals surface area contributed by atoms with Gasteiger partial charge >= 0.3 is 6.36 Å². The Morgan fingerprint density at radius 1 is 1.17 bits per heavy atom. The number of alkyl halides is 3. The van der Waals surface area contributed by atoms with Crippen LogP contribution >= 0.6 is 11.3 Å². The predicted octanol–water partition coefficient (Wildman–Crippen LogP) is 3.55. The summed E-state index contributed by atoms with van der Waals surface area (Å²) in [6.45, 7) is 3.40. The van der Waals surface area contributed by atoms with Gasteiger partial charge in [0, 0.05) is 26.2 Å². The van der Waals surface area contributed by atoms with E-state index >= 15 is 0 Å². The van der Waals surface area contributed by atoms with Crippen molar-refractivity contribution in [2.24, 2.45) is 0 Å². The molecule has 0 bridgehead atoms. The van der Waals surface area contributed by atoms with Crippen molar-refractivity contribution in [3.63, 3.8) is 0 Å². The molecule has 1 aromatic carbocycles. The predicted molar refractivity (Wildman–Crippen MR) is 122 cm³/mol. The molecular formula is C21H22F3N7O3S. The first kappa shape index (κ1) is 24.6. The molecule has 0 radical (unpaired) electrons. The molecule has 3 heterocycles. The number of methoxy groups -OCH3 is 1. The van der Waals surface area contributed by atoms with Crippen molar-refractivity contribution in [2.45, 2.75) is 31.9 Å². The molecule has 14 heteroatoms. The maximum absolute atomic E-state index is 12.7. The smallest absolute Gasteiger partial charge is 0.406 e. The summed E-state index contributed by atoms with van der Waals surface area (Å²) >= 11 is 1.14. The van der Waals surface area contributed by atoms with E-state index < -0.39 is 24.1 Å². The number of aryl methyl sites for hydroxylation is 1. The number of carbonyl (C=O) groups excluding carboxylic acids is 1. The lowest BCUT2D eigenvalue weighted by Gasteiger charge is -2.17. The van der Waals surface area contributed by atoms with Crippen LogP contribution in [0.4, 0.5) is 29.3 Å². The van der Waals surface area contributed by atoms with Crippen molar-refractivity contribution in [2.75, 3.05) is 35.7 Å². The van der Waals surface area contributed by atoms with Gasteiger partial charge in [-0.15, -0.1) is 28.5 Å². The summed E-state index contributed by atoms with van der Waals surface area (Å²) < 4.78 is 46.7. The molecular weight excluding hydrogens is 487 g/mol. The number of amides is 1. The highest BCUT2D eigenvalue weighted by Gasteiger charge is 2.32. The van der Waals surface area contributed by atoms with E-state index in [1.54, 1.807) is 0 Å². The minimum Gasteiger partial charge on any atom is -0.406 e. The van der Waals surface area contributed by atoms with Crippen LogP contribution in [0.5, 0.6) is 5.75 Å². The molecule has 1 amide bonds. The maximum Gasteiger partial charge on any atom is 0.573 e. The van der Waals surface area contributed by atoms with Crippen molar-refractivity contribution >= 4 is 33.3 Å². The number of nitrogens with one attached hydrogen (secondary N) is 2. The van der Waals surface area contributed by atoms with Gasteiger partial charge in [-0.1, -0.05) is 23.5 Å².